The molecule has 0 saturated carbocycles. The zero-order valence-electron chi connectivity index (χ0n) is 6.45. The van der Waals surface area contributed by atoms with Crippen molar-refractivity contribution >= 4 is 6.09 Å². The standard InChI is InChI=1S/C7H13NO3/c9-7(10)8(11)5-3-1-2-4-6-8/h1-6H2,(H,9,10). The summed E-state index contributed by atoms with van der Waals surface area (Å²) in [6.07, 6.45) is 2.25. The molecule has 0 spiro atoms. The Balaban J connectivity index is 2.59. The number of carboxylic acid groups (broad SMARTS) is 1. The third kappa shape index (κ3) is 1.91. The number of rotatable bonds is 0. The lowest BCUT2D eigenvalue weighted by atomic mass is 10.2. The van der Waals surface area contributed by atoms with Gasteiger partial charge in [0.05, 0.1) is 13.1 Å². The highest BCUT2D eigenvalue weighted by Crippen LogP contribution is 2.16. The third-order valence-corrected chi connectivity index (χ3v) is 2.14. The molecule has 0 atom stereocenters. The minimum absolute atomic E-state index is 0.245. The SMILES string of the molecule is O=C(O)[N+]1([O-])CCCCCC1. The normalized spacial score (nSPS) is 24.1. The first-order valence-electron chi connectivity index (χ1n) is 3.97. The van der Waals surface area contributed by atoms with Crippen LogP contribution in [0, 0.1) is 5.21 Å². The first-order valence-corrected chi connectivity index (χ1v) is 3.97. The number of likely N-dealkylation sites (tertiary alicyclic amines) is 1. The second-order valence-electron chi connectivity index (χ2n) is 3.03. The van der Waals surface area contributed by atoms with E-state index in [0.717, 1.165) is 25.7 Å². The summed E-state index contributed by atoms with van der Waals surface area (Å²) < 4.78 is -1.03. The summed E-state index contributed by atoms with van der Waals surface area (Å²) in [6.45, 7) is 0.491. The Bertz CT molecular complexity index is 150. The molecule has 0 aromatic carbocycles. The van der Waals surface area contributed by atoms with Crippen LogP contribution in [0.4, 0.5) is 4.79 Å². The molecule has 11 heavy (non-hydrogen) atoms. The molecule has 1 rings (SSSR count). The van der Waals surface area contributed by atoms with Crippen molar-refractivity contribution in [1.29, 1.82) is 0 Å². The number of hydrogen-bond donors (Lipinski definition) is 1. The van der Waals surface area contributed by atoms with Crippen LogP contribution in [0.1, 0.15) is 25.7 Å². The van der Waals surface area contributed by atoms with Crippen molar-refractivity contribution in [2.24, 2.45) is 0 Å². The summed E-state index contributed by atoms with van der Waals surface area (Å²) >= 11 is 0. The maximum atomic E-state index is 11.4. The number of hydrogen-bond acceptors (Lipinski definition) is 2. The van der Waals surface area contributed by atoms with Crippen LogP contribution in [0.5, 0.6) is 0 Å². The number of hydroxylamine groups is 3. The quantitative estimate of drug-likeness (QED) is 0.431. The molecular weight excluding hydrogens is 146 g/mol. The molecule has 0 aliphatic carbocycles. The zero-order valence-corrected chi connectivity index (χ0v) is 6.45. The molecule has 1 aliphatic heterocycles. The van der Waals surface area contributed by atoms with E-state index in [9.17, 15) is 10.0 Å². The number of quaternary nitrogens is 1. The zero-order chi connectivity index (χ0) is 8.32. The Kier molecular flexibility index (Phi) is 2.46. The van der Waals surface area contributed by atoms with E-state index >= 15 is 0 Å². The van der Waals surface area contributed by atoms with Crippen LogP contribution in [0.25, 0.3) is 0 Å². The molecule has 1 aliphatic rings. The molecule has 1 amide bonds. The summed E-state index contributed by atoms with van der Waals surface area (Å²) in [5, 5.41) is 20.0. The van der Waals surface area contributed by atoms with E-state index in [1.165, 1.54) is 0 Å². The molecule has 0 bridgehead atoms. The highest BCUT2D eigenvalue weighted by molar-refractivity contribution is 5.56. The van der Waals surface area contributed by atoms with Crippen LogP contribution in [0.15, 0.2) is 0 Å². The fraction of sp³-hybridized carbons (Fsp3) is 0.857. The van der Waals surface area contributed by atoms with E-state index in [1.807, 2.05) is 0 Å². The number of nitrogens with zero attached hydrogens (tertiary/aromatic N) is 1. The predicted octanol–water partition coefficient (Wildman–Crippen LogP) is 1.55. The molecule has 1 fully saturated rings. The molecule has 1 heterocycles. The van der Waals surface area contributed by atoms with Gasteiger partial charge < -0.3 is 10.3 Å². The van der Waals surface area contributed by atoms with E-state index in [0.29, 0.717) is 0 Å². The van der Waals surface area contributed by atoms with Gasteiger partial charge in [-0.2, -0.15) is 4.79 Å². The summed E-state index contributed by atoms with van der Waals surface area (Å²) in [6, 6.07) is 0. The molecule has 0 radical (unpaired) electrons. The Morgan fingerprint density at radius 3 is 2.00 bits per heavy atom. The van der Waals surface area contributed by atoms with Crippen molar-refractivity contribution in [1.82, 2.24) is 0 Å². The Morgan fingerprint density at radius 2 is 1.64 bits per heavy atom. The Labute approximate surface area is 65.6 Å². The topological polar surface area (TPSA) is 60.4 Å². The smallest absolute Gasteiger partial charge is 0.513 e. The van der Waals surface area contributed by atoms with Gasteiger partial charge in [-0.1, -0.05) is 0 Å². The second kappa shape index (κ2) is 3.19. The lowest BCUT2D eigenvalue weighted by Gasteiger charge is -2.34. The molecule has 4 heteroatoms. The van der Waals surface area contributed by atoms with Crippen molar-refractivity contribution in [2.75, 3.05) is 13.1 Å². The lowest BCUT2D eigenvalue weighted by Crippen LogP contribution is -2.47. The average molecular weight is 159 g/mol. The summed E-state index contributed by atoms with van der Waals surface area (Å²) in [5.74, 6) is 0. The fourth-order valence-electron chi connectivity index (χ4n) is 1.39. The fourth-order valence-corrected chi connectivity index (χ4v) is 1.39. The molecule has 64 valence electrons. The van der Waals surface area contributed by atoms with Crippen LogP contribution < -0.4 is 0 Å². The summed E-state index contributed by atoms with van der Waals surface area (Å²) in [7, 11) is 0. The van der Waals surface area contributed by atoms with Crippen LogP contribution in [0.3, 0.4) is 0 Å². The van der Waals surface area contributed by atoms with Crippen LogP contribution >= 0.6 is 0 Å². The number of carbonyl (C=O) groups is 1. The first kappa shape index (κ1) is 8.49. The van der Waals surface area contributed by atoms with Gasteiger partial charge in [-0.3, -0.25) is 4.65 Å². The highest BCUT2D eigenvalue weighted by Gasteiger charge is 2.27. The van der Waals surface area contributed by atoms with Crippen LogP contribution in [-0.2, 0) is 0 Å². The Hall–Kier alpha value is -0.610. The van der Waals surface area contributed by atoms with Gasteiger partial charge in [0.2, 0.25) is 0 Å². The van der Waals surface area contributed by atoms with Gasteiger partial charge >= 0.3 is 6.09 Å². The molecule has 0 aromatic heterocycles. The molecule has 4 nitrogen and oxygen atoms in total. The van der Waals surface area contributed by atoms with E-state index in [2.05, 4.69) is 0 Å². The van der Waals surface area contributed by atoms with E-state index in [-0.39, 0.29) is 13.1 Å². The summed E-state index contributed by atoms with van der Waals surface area (Å²) in [4.78, 5) is 10.5. The van der Waals surface area contributed by atoms with Gasteiger partial charge in [-0.25, -0.2) is 0 Å². The van der Waals surface area contributed by atoms with Gasteiger partial charge in [0.15, 0.2) is 0 Å². The average Bonchev–Trinajstić information content (AvgIpc) is 2.15. The molecule has 0 aromatic rings. The monoisotopic (exact) mass is 159 g/mol. The van der Waals surface area contributed by atoms with Crippen molar-refractivity contribution < 1.29 is 14.5 Å². The maximum absolute atomic E-state index is 11.4. The van der Waals surface area contributed by atoms with Gasteiger partial charge in [-0.05, 0) is 25.7 Å². The van der Waals surface area contributed by atoms with Gasteiger partial charge in [0.1, 0.15) is 0 Å². The largest absolute Gasteiger partial charge is 0.622 e. The first-order chi connectivity index (χ1) is 5.15. The number of amides is 1. The highest BCUT2D eigenvalue weighted by atomic mass is 16.6. The minimum Gasteiger partial charge on any atom is -0.622 e. The van der Waals surface area contributed by atoms with Crippen molar-refractivity contribution in [3.63, 3.8) is 0 Å². The van der Waals surface area contributed by atoms with Gasteiger partial charge in [0.25, 0.3) is 0 Å². The Morgan fingerprint density at radius 1 is 1.18 bits per heavy atom. The third-order valence-electron chi connectivity index (χ3n) is 2.14. The second-order valence-corrected chi connectivity index (χ2v) is 3.03. The van der Waals surface area contributed by atoms with Crippen molar-refractivity contribution in [3.05, 3.63) is 5.21 Å². The van der Waals surface area contributed by atoms with E-state index in [1.54, 1.807) is 0 Å². The van der Waals surface area contributed by atoms with Gasteiger partial charge in [0, 0.05) is 0 Å². The lowest BCUT2D eigenvalue weighted by molar-refractivity contribution is -0.806. The molecular formula is C7H13NO3. The predicted molar refractivity (Wildman–Crippen MR) is 39.9 cm³/mol. The van der Waals surface area contributed by atoms with E-state index in [4.69, 9.17) is 5.11 Å². The van der Waals surface area contributed by atoms with Gasteiger partial charge in [-0.15, -0.1) is 0 Å². The minimum atomic E-state index is -1.23. The maximum Gasteiger partial charge on any atom is 0.513 e. The molecule has 1 N–H and O–H groups in total. The van der Waals surface area contributed by atoms with E-state index < -0.39 is 10.7 Å². The van der Waals surface area contributed by atoms with Crippen molar-refractivity contribution in [3.8, 4) is 0 Å². The van der Waals surface area contributed by atoms with Crippen molar-refractivity contribution in [2.45, 2.75) is 25.7 Å². The molecule has 1 saturated heterocycles. The molecule has 0 unspecified atom stereocenters. The van der Waals surface area contributed by atoms with Crippen LogP contribution in [-0.4, -0.2) is 28.9 Å². The summed E-state index contributed by atoms with van der Waals surface area (Å²) in [5.41, 5.74) is 0. The van der Waals surface area contributed by atoms with Crippen LogP contribution in [0.2, 0.25) is 0 Å².